The van der Waals surface area contributed by atoms with E-state index in [0.717, 1.165) is 18.4 Å². The first kappa shape index (κ1) is 18.3. The third-order valence-corrected chi connectivity index (χ3v) is 5.25. The smallest absolute Gasteiger partial charge is 0.363 e. The zero-order chi connectivity index (χ0) is 19.1. The van der Waals surface area contributed by atoms with E-state index in [1.54, 1.807) is 5.38 Å². The van der Waals surface area contributed by atoms with Crippen molar-refractivity contribution in [3.8, 4) is 0 Å². The van der Waals surface area contributed by atoms with Gasteiger partial charge in [-0.3, -0.25) is 14.7 Å². The van der Waals surface area contributed by atoms with Gasteiger partial charge in [0.2, 0.25) is 0 Å². The van der Waals surface area contributed by atoms with Crippen LogP contribution in [0.15, 0.2) is 42.0 Å². The van der Waals surface area contributed by atoms with E-state index in [0.29, 0.717) is 0 Å². The lowest BCUT2D eigenvalue weighted by Crippen LogP contribution is -2.72. The van der Waals surface area contributed by atoms with Crippen molar-refractivity contribution in [2.24, 2.45) is 5.92 Å². The van der Waals surface area contributed by atoms with Crippen LogP contribution in [-0.4, -0.2) is 45.8 Å². The quantitative estimate of drug-likeness (QED) is 0.796. The maximum atomic E-state index is 13.9. The van der Waals surface area contributed by atoms with E-state index < -0.39 is 35.7 Å². The average Bonchev–Trinajstić information content (AvgIpc) is 3.13. The number of alkyl halides is 3. The van der Waals surface area contributed by atoms with Gasteiger partial charge in [-0.2, -0.15) is 13.2 Å². The topological polar surface area (TPSA) is 82.5 Å². The molecule has 3 heterocycles. The summed E-state index contributed by atoms with van der Waals surface area (Å²) in [5.41, 5.74) is -3.48. The standard InChI is InChI=1S/C16H14F3N3O3S/c1-22-14(24)21-12(9-4-2-6-20-8-9)11(15(22,25)16(17,18)19)13(23)10-5-3-7-26-10/h2-8,11-12,25H,1H3,(H,21,24)/t11-,12-,15+/m1/s1. The van der Waals surface area contributed by atoms with Gasteiger partial charge in [-0.05, 0) is 23.1 Å². The van der Waals surface area contributed by atoms with Gasteiger partial charge in [-0.15, -0.1) is 11.3 Å². The highest BCUT2D eigenvalue weighted by atomic mass is 32.1. The van der Waals surface area contributed by atoms with Gasteiger partial charge >= 0.3 is 12.2 Å². The fourth-order valence-corrected chi connectivity index (χ4v) is 3.72. The summed E-state index contributed by atoms with van der Waals surface area (Å²) in [7, 11) is 0.803. The summed E-state index contributed by atoms with van der Waals surface area (Å²) in [5.74, 6) is -2.92. The number of nitrogens with zero attached hydrogens (tertiary/aromatic N) is 2. The first-order chi connectivity index (χ1) is 12.2. The molecular weight excluding hydrogens is 371 g/mol. The molecule has 2 aromatic rings. The maximum Gasteiger partial charge on any atom is 0.437 e. The highest BCUT2D eigenvalue weighted by molar-refractivity contribution is 7.12. The number of nitrogens with one attached hydrogen (secondary N) is 1. The van der Waals surface area contributed by atoms with Gasteiger partial charge in [0.15, 0.2) is 5.78 Å². The second kappa shape index (κ2) is 6.36. The molecular formula is C16H14F3N3O3S. The molecule has 2 aromatic heterocycles. The first-order valence-corrected chi connectivity index (χ1v) is 8.37. The molecule has 2 amide bonds. The van der Waals surface area contributed by atoms with E-state index in [1.807, 2.05) is 0 Å². The highest BCUT2D eigenvalue weighted by Crippen LogP contribution is 2.47. The number of carbonyl (C=O) groups is 2. The summed E-state index contributed by atoms with van der Waals surface area (Å²) >= 11 is 0.960. The van der Waals surface area contributed by atoms with Crippen LogP contribution in [0.1, 0.15) is 21.3 Å². The van der Waals surface area contributed by atoms with Crippen LogP contribution in [0.5, 0.6) is 0 Å². The SMILES string of the molecule is CN1C(=O)N[C@H](c2cccnc2)[C@H](C(=O)c2cccs2)[C@]1(O)C(F)(F)F. The van der Waals surface area contributed by atoms with E-state index in [4.69, 9.17) is 0 Å². The number of carbonyl (C=O) groups excluding carboxylic acids is 2. The molecule has 0 bridgehead atoms. The minimum absolute atomic E-state index is 0.0520. The van der Waals surface area contributed by atoms with Gasteiger partial charge < -0.3 is 10.4 Å². The molecule has 0 aromatic carbocycles. The van der Waals surface area contributed by atoms with Gasteiger partial charge in [-0.25, -0.2) is 4.79 Å². The van der Waals surface area contributed by atoms with Crippen LogP contribution < -0.4 is 5.32 Å². The minimum Gasteiger partial charge on any atom is -0.363 e. The van der Waals surface area contributed by atoms with Gasteiger partial charge in [0.25, 0.3) is 5.72 Å². The Kier molecular flexibility index (Phi) is 4.49. The summed E-state index contributed by atoms with van der Waals surface area (Å²) in [6.45, 7) is 0. The fourth-order valence-electron chi connectivity index (χ4n) is 3.02. The van der Waals surface area contributed by atoms with Gasteiger partial charge in [-0.1, -0.05) is 12.1 Å². The predicted octanol–water partition coefficient (Wildman–Crippen LogP) is 2.59. The van der Waals surface area contributed by atoms with Crippen molar-refractivity contribution >= 4 is 23.2 Å². The van der Waals surface area contributed by atoms with Crippen molar-refractivity contribution < 1.29 is 27.9 Å². The zero-order valence-corrected chi connectivity index (χ0v) is 14.2. The lowest BCUT2D eigenvalue weighted by molar-refractivity contribution is -0.322. The Balaban J connectivity index is 2.20. The predicted molar refractivity (Wildman–Crippen MR) is 86.4 cm³/mol. The molecule has 0 radical (unpaired) electrons. The van der Waals surface area contributed by atoms with Gasteiger partial charge in [0, 0.05) is 19.4 Å². The number of hydrogen-bond donors (Lipinski definition) is 2. The molecule has 1 aliphatic rings. The Labute approximate surface area is 150 Å². The van der Waals surface area contributed by atoms with Crippen LogP contribution in [0, 0.1) is 5.92 Å². The van der Waals surface area contributed by atoms with Crippen LogP contribution in [0.2, 0.25) is 0 Å². The summed E-state index contributed by atoms with van der Waals surface area (Å²) in [6, 6.07) is 3.27. The lowest BCUT2D eigenvalue weighted by atomic mass is 9.78. The average molecular weight is 385 g/mol. The van der Waals surface area contributed by atoms with Crippen LogP contribution in [0.3, 0.4) is 0 Å². The molecule has 0 aliphatic carbocycles. The molecule has 0 spiro atoms. The first-order valence-electron chi connectivity index (χ1n) is 7.49. The van der Waals surface area contributed by atoms with Crippen LogP contribution in [-0.2, 0) is 0 Å². The fraction of sp³-hybridized carbons (Fsp3) is 0.312. The number of rotatable bonds is 3. The van der Waals surface area contributed by atoms with Crippen molar-refractivity contribution in [3.63, 3.8) is 0 Å². The largest absolute Gasteiger partial charge is 0.437 e. The number of Topliss-reactive ketones (excluding diaryl/α,β-unsaturated/α-hetero) is 1. The second-order valence-electron chi connectivity index (χ2n) is 5.82. The number of amides is 2. The number of aliphatic hydroxyl groups is 1. The summed E-state index contributed by atoms with van der Waals surface area (Å²) in [5, 5.41) is 14.5. The van der Waals surface area contributed by atoms with Crippen LogP contribution in [0.25, 0.3) is 0 Å². The van der Waals surface area contributed by atoms with Crippen LogP contribution >= 0.6 is 11.3 Å². The summed E-state index contributed by atoms with van der Waals surface area (Å²) < 4.78 is 41.6. The maximum absolute atomic E-state index is 13.9. The molecule has 1 fully saturated rings. The van der Waals surface area contributed by atoms with Crippen molar-refractivity contribution in [3.05, 3.63) is 52.5 Å². The monoisotopic (exact) mass is 385 g/mol. The Morgan fingerprint density at radius 3 is 2.65 bits per heavy atom. The third kappa shape index (κ3) is 2.74. The Morgan fingerprint density at radius 2 is 2.12 bits per heavy atom. The molecule has 3 atom stereocenters. The molecule has 138 valence electrons. The van der Waals surface area contributed by atoms with E-state index in [2.05, 4.69) is 10.3 Å². The Bertz CT molecular complexity index is 813. The highest BCUT2D eigenvalue weighted by Gasteiger charge is 2.69. The zero-order valence-electron chi connectivity index (χ0n) is 13.4. The number of thiophene rings is 1. The minimum atomic E-state index is -5.25. The number of pyridine rings is 1. The van der Waals surface area contributed by atoms with Crippen LogP contribution in [0.4, 0.5) is 18.0 Å². The van der Waals surface area contributed by atoms with E-state index >= 15 is 0 Å². The molecule has 1 saturated heterocycles. The molecule has 2 N–H and O–H groups in total. The lowest BCUT2D eigenvalue weighted by Gasteiger charge is -2.49. The number of ketones is 1. The molecule has 3 rings (SSSR count). The van der Waals surface area contributed by atoms with E-state index in [-0.39, 0.29) is 15.3 Å². The number of aromatic nitrogens is 1. The van der Waals surface area contributed by atoms with Crippen molar-refractivity contribution in [2.45, 2.75) is 17.9 Å². The van der Waals surface area contributed by atoms with Gasteiger partial charge in [0.1, 0.15) is 5.92 Å². The number of urea groups is 1. The normalized spacial score (nSPS) is 26.5. The number of hydrogen-bond acceptors (Lipinski definition) is 5. The number of halogens is 3. The van der Waals surface area contributed by atoms with Crippen molar-refractivity contribution in [1.29, 1.82) is 0 Å². The van der Waals surface area contributed by atoms with E-state index in [1.165, 1.54) is 36.7 Å². The Morgan fingerprint density at radius 1 is 1.38 bits per heavy atom. The summed E-state index contributed by atoms with van der Waals surface area (Å²) in [6.07, 6.45) is -2.59. The second-order valence-corrected chi connectivity index (χ2v) is 6.76. The molecule has 0 unspecified atom stereocenters. The van der Waals surface area contributed by atoms with Crippen molar-refractivity contribution in [1.82, 2.24) is 15.2 Å². The summed E-state index contributed by atoms with van der Waals surface area (Å²) in [4.78, 5) is 29.0. The van der Waals surface area contributed by atoms with E-state index in [9.17, 15) is 27.9 Å². The van der Waals surface area contributed by atoms with Crippen molar-refractivity contribution in [2.75, 3.05) is 7.05 Å². The molecule has 1 aliphatic heterocycles. The molecule has 26 heavy (non-hydrogen) atoms. The van der Waals surface area contributed by atoms with Gasteiger partial charge in [0.05, 0.1) is 10.9 Å². The molecule has 0 saturated carbocycles. The molecule has 6 nitrogen and oxygen atoms in total. The Hall–Kier alpha value is -2.46. The molecule has 10 heteroatoms. The third-order valence-electron chi connectivity index (χ3n) is 4.37.